The quantitative estimate of drug-likeness (QED) is 0.849. The summed E-state index contributed by atoms with van der Waals surface area (Å²) in [6.07, 6.45) is 4.71. The molecule has 19 heavy (non-hydrogen) atoms. The van der Waals surface area contributed by atoms with Crippen molar-refractivity contribution in [3.63, 3.8) is 0 Å². The Labute approximate surface area is 113 Å². The molecule has 1 aliphatic heterocycles. The number of amides is 1. The van der Waals surface area contributed by atoms with Gasteiger partial charge < -0.3 is 15.5 Å². The summed E-state index contributed by atoms with van der Waals surface area (Å²) in [7, 11) is 1.85. The van der Waals surface area contributed by atoms with Crippen LogP contribution in [-0.4, -0.2) is 58.6 Å². The third kappa shape index (κ3) is 3.07. The van der Waals surface area contributed by atoms with Crippen molar-refractivity contribution in [3.05, 3.63) is 11.9 Å². The summed E-state index contributed by atoms with van der Waals surface area (Å²) in [5.41, 5.74) is 6.54. The molecule has 0 saturated carbocycles. The first-order chi connectivity index (χ1) is 9.13. The van der Waals surface area contributed by atoms with Crippen LogP contribution in [0.4, 0.5) is 5.69 Å². The first-order valence-electron chi connectivity index (χ1n) is 6.91. The van der Waals surface area contributed by atoms with E-state index in [1.807, 2.05) is 7.05 Å². The molecule has 0 atom stereocenters. The average molecular weight is 265 g/mol. The van der Waals surface area contributed by atoms with Gasteiger partial charge in [-0.15, -0.1) is 0 Å². The van der Waals surface area contributed by atoms with E-state index in [9.17, 15) is 4.79 Å². The molecule has 0 radical (unpaired) electrons. The summed E-state index contributed by atoms with van der Waals surface area (Å²) in [5, 5.41) is 6.48. The molecule has 2 rings (SSSR count). The number of rotatable bonds is 4. The number of hydrogen-bond acceptors (Lipinski definition) is 4. The fourth-order valence-electron chi connectivity index (χ4n) is 2.66. The first kappa shape index (κ1) is 13.9. The van der Waals surface area contributed by atoms with E-state index in [1.165, 1.54) is 12.6 Å². The lowest BCUT2D eigenvalue weighted by Gasteiger charge is -2.36. The van der Waals surface area contributed by atoms with Crippen molar-refractivity contribution in [3.8, 4) is 0 Å². The topological polar surface area (TPSA) is 78.2 Å². The van der Waals surface area contributed by atoms with Crippen molar-refractivity contribution >= 4 is 11.6 Å². The molecule has 1 aliphatic rings. The van der Waals surface area contributed by atoms with Crippen molar-refractivity contribution in [2.24, 2.45) is 0 Å². The molecule has 1 aromatic rings. The van der Waals surface area contributed by atoms with E-state index in [0.29, 0.717) is 17.4 Å². The van der Waals surface area contributed by atoms with E-state index in [0.717, 1.165) is 32.5 Å². The van der Waals surface area contributed by atoms with Crippen LogP contribution in [-0.2, 0) is 0 Å². The normalized spacial score (nSPS) is 17.6. The zero-order valence-corrected chi connectivity index (χ0v) is 11.7. The van der Waals surface area contributed by atoms with E-state index < -0.39 is 0 Å². The Kier molecular flexibility index (Phi) is 4.42. The number of carbonyl (C=O) groups is 1. The van der Waals surface area contributed by atoms with Crippen molar-refractivity contribution in [1.29, 1.82) is 0 Å². The molecule has 0 aliphatic carbocycles. The number of hydrogen-bond donors (Lipinski definition) is 2. The molecular weight excluding hydrogens is 242 g/mol. The van der Waals surface area contributed by atoms with Crippen LogP contribution in [0.5, 0.6) is 0 Å². The lowest BCUT2D eigenvalue weighted by Crippen LogP contribution is -2.45. The van der Waals surface area contributed by atoms with Gasteiger partial charge in [-0.05, 0) is 25.8 Å². The van der Waals surface area contributed by atoms with Gasteiger partial charge in [0.15, 0.2) is 0 Å². The van der Waals surface area contributed by atoms with E-state index in [4.69, 9.17) is 5.73 Å². The zero-order chi connectivity index (χ0) is 13.8. The first-order valence-corrected chi connectivity index (χ1v) is 6.91. The molecule has 0 unspecified atom stereocenters. The average Bonchev–Trinajstić information content (AvgIpc) is 2.84. The molecule has 1 saturated heterocycles. The summed E-state index contributed by atoms with van der Waals surface area (Å²) >= 11 is 0. The lowest BCUT2D eigenvalue weighted by molar-refractivity contribution is 0.0638. The molecular formula is C13H23N5O. The molecule has 106 valence electrons. The maximum Gasteiger partial charge on any atom is 0.274 e. The monoisotopic (exact) mass is 265 g/mol. The van der Waals surface area contributed by atoms with Crippen molar-refractivity contribution in [2.45, 2.75) is 32.2 Å². The van der Waals surface area contributed by atoms with Gasteiger partial charge >= 0.3 is 0 Å². The third-order valence-electron chi connectivity index (χ3n) is 3.85. The van der Waals surface area contributed by atoms with Crippen LogP contribution >= 0.6 is 0 Å². The van der Waals surface area contributed by atoms with Crippen molar-refractivity contribution in [2.75, 3.05) is 32.4 Å². The molecule has 3 N–H and O–H groups in total. The molecule has 2 heterocycles. The van der Waals surface area contributed by atoms with E-state index in [2.05, 4.69) is 22.0 Å². The number of H-pyrrole nitrogens is 1. The molecule has 6 nitrogen and oxygen atoms in total. The Morgan fingerprint density at radius 3 is 2.79 bits per heavy atom. The van der Waals surface area contributed by atoms with Crippen LogP contribution in [0.3, 0.4) is 0 Å². The van der Waals surface area contributed by atoms with Gasteiger partial charge in [-0.25, -0.2) is 0 Å². The minimum atomic E-state index is -0.0658. The Hall–Kier alpha value is -1.56. The minimum absolute atomic E-state index is 0.0658. The highest BCUT2D eigenvalue weighted by molar-refractivity contribution is 5.97. The highest BCUT2D eigenvalue weighted by Crippen LogP contribution is 2.18. The SMILES string of the molecule is CCCN1CCC(N(C)C(=O)c2[nH]ncc2N)CC1. The second kappa shape index (κ2) is 6.06. The fraction of sp³-hybridized carbons (Fsp3) is 0.692. The summed E-state index contributed by atoms with van der Waals surface area (Å²) in [6, 6.07) is 0.295. The molecule has 1 amide bonds. The number of carbonyl (C=O) groups excluding carboxylic acids is 1. The highest BCUT2D eigenvalue weighted by atomic mass is 16.2. The zero-order valence-electron chi connectivity index (χ0n) is 11.7. The predicted molar refractivity (Wildman–Crippen MR) is 74.8 cm³/mol. The maximum atomic E-state index is 12.3. The number of aromatic nitrogens is 2. The summed E-state index contributed by atoms with van der Waals surface area (Å²) in [5.74, 6) is -0.0658. The molecule has 6 heteroatoms. The van der Waals surface area contributed by atoms with Gasteiger partial charge in [0.2, 0.25) is 0 Å². The molecule has 1 aromatic heterocycles. The van der Waals surface area contributed by atoms with Gasteiger partial charge in [-0.1, -0.05) is 6.92 Å². The van der Waals surface area contributed by atoms with E-state index in [-0.39, 0.29) is 5.91 Å². The number of piperidine rings is 1. The number of nitrogens with one attached hydrogen (secondary N) is 1. The predicted octanol–water partition coefficient (Wildman–Crippen LogP) is 0.938. The van der Waals surface area contributed by atoms with E-state index >= 15 is 0 Å². The van der Waals surface area contributed by atoms with Crippen LogP contribution in [0.1, 0.15) is 36.7 Å². The number of nitrogens with zero attached hydrogens (tertiary/aromatic N) is 3. The van der Waals surface area contributed by atoms with Gasteiger partial charge in [-0.2, -0.15) is 5.10 Å². The smallest absolute Gasteiger partial charge is 0.274 e. The summed E-state index contributed by atoms with van der Waals surface area (Å²) in [4.78, 5) is 16.6. The number of likely N-dealkylation sites (tertiary alicyclic amines) is 1. The van der Waals surface area contributed by atoms with Crippen LogP contribution in [0.2, 0.25) is 0 Å². The van der Waals surface area contributed by atoms with Gasteiger partial charge in [0.1, 0.15) is 5.69 Å². The highest BCUT2D eigenvalue weighted by Gasteiger charge is 2.27. The largest absolute Gasteiger partial charge is 0.396 e. The van der Waals surface area contributed by atoms with Gasteiger partial charge in [0.05, 0.1) is 11.9 Å². The minimum Gasteiger partial charge on any atom is -0.396 e. The lowest BCUT2D eigenvalue weighted by atomic mass is 10.0. The fourth-order valence-corrected chi connectivity index (χ4v) is 2.66. The third-order valence-corrected chi connectivity index (χ3v) is 3.85. The van der Waals surface area contributed by atoms with Crippen molar-refractivity contribution in [1.82, 2.24) is 20.0 Å². The van der Waals surface area contributed by atoms with Crippen LogP contribution in [0.15, 0.2) is 6.20 Å². The molecule has 0 aromatic carbocycles. The van der Waals surface area contributed by atoms with Crippen LogP contribution in [0.25, 0.3) is 0 Å². The molecule has 0 bridgehead atoms. The summed E-state index contributed by atoms with van der Waals surface area (Å²) < 4.78 is 0. The van der Waals surface area contributed by atoms with Gasteiger partial charge in [0.25, 0.3) is 5.91 Å². The number of aromatic amines is 1. The second-order valence-corrected chi connectivity index (χ2v) is 5.19. The van der Waals surface area contributed by atoms with Gasteiger partial charge in [0, 0.05) is 26.2 Å². The molecule has 1 fully saturated rings. The van der Waals surface area contributed by atoms with E-state index in [1.54, 1.807) is 4.90 Å². The number of anilines is 1. The van der Waals surface area contributed by atoms with Crippen LogP contribution in [0, 0.1) is 0 Å². The Bertz CT molecular complexity index is 422. The number of nitrogen functional groups attached to an aromatic ring is 1. The Balaban J connectivity index is 1.92. The number of nitrogens with two attached hydrogens (primary N) is 1. The van der Waals surface area contributed by atoms with Crippen molar-refractivity contribution < 1.29 is 4.79 Å². The Morgan fingerprint density at radius 2 is 2.26 bits per heavy atom. The Morgan fingerprint density at radius 1 is 1.58 bits per heavy atom. The summed E-state index contributed by atoms with van der Waals surface area (Å²) in [6.45, 7) is 5.48. The maximum absolute atomic E-state index is 12.3. The van der Waals surface area contributed by atoms with Gasteiger partial charge in [-0.3, -0.25) is 9.89 Å². The standard InChI is InChI=1S/C13H23N5O/c1-3-6-18-7-4-10(5-8-18)17(2)13(19)12-11(14)9-15-16-12/h9-10H,3-8,14H2,1-2H3,(H,15,16). The molecule has 0 spiro atoms. The second-order valence-electron chi connectivity index (χ2n) is 5.19. The van der Waals surface area contributed by atoms with Crippen LogP contribution < -0.4 is 5.73 Å².